The normalized spacial score (nSPS) is 10.6. The van der Waals surface area contributed by atoms with Crippen molar-refractivity contribution in [3.8, 4) is 5.75 Å². The lowest BCUT2D eigenvalue weighted by Gasteiger charge is -2.10. The van der Waals surface area contributed by atoms with E-state index in [1.807, 2.05) is 38.1 Å². The number of aromatic nitrogens is 2. The number of hydrogen-bond donors (Lipinski definition) is 1. The zero-order valence-corrected chi connectivity index (χ0v) is 11.0. The van der Waals surface area contributed by atoms with E-state index in [0.717, 1.165) is 23.2 Å². The molecule has 0 amide bonds. The Morgan fingerprint density at radius 3 is 2.47 bits per heavy atom. The minimum Gasteiger partial charge on any atom is -0.491 e. The second-order valence-corrected chi connectivity index (χ2v) is 4.61. The Bertz CT molecular complexity index is 484. The van der Waals surface area contributed by atoms with Gasteiger partial charge in [0.1, 0.15) is 5.75 Å². The van der Waals surface area contributed by atoms with Crippen LogP contribution in [-0.4, -0.2) is 14.9 Å². The highest BCUT2D eigenvalue weighted by molar-refractivity contribution is 6.99. The van der Waals surface area contributed by atoms with E-state index < -0.39 is 0 Å². The first kappa shape index (κ1) is 12.1. The molecule has 0 aliphatic rings. The van der Waals surface area contributed by atoms with E-state index in [0.29, 0.717) is 11.0 Å². The summed E-state index contributed by atoms with van der Waals surface area (Å²) in [5.41, 5.74) is 0.899. The number of rotatable bonds is 4. The van der Waals surface area contributed by atoms with Crippen LogP contribution in [0.4, 0.5) is 11.5 Å². The van der Waals surface area contributed by atoms with Crippen LogP contribution in [0.25, 0.3) is 0 Å². The highest BCUT2D eigenvalue weighted by Crippen LogP contribution is 2.24. The summed E-state index contributed by atoms with van der Waals surface area (Å²) in [6.45, 7) is 3.99. The predicted octanol–water partition coefficient (Wildman–Crippen LogP) is 3.72. The Kier molecular flexibility index (Phi) is 3.81. The van der Waals surface area contributed by atoms with Crippen molar-refractivity contribution in [1.82, 2.24) is 8.75 Å². The first-order valence-corrected chi connectivity index (χ1v) is 6.28. The van der Waals surface area contributed by atoms with Gasteiger partial charge >= 0.3 is 0 Å². The summed E-state index contributed by atoms with van der Waals surface area (Å²) in [4.78, 5) is 0. The second kappa shape index (κ2) is 5.33. The average molecular weight is 270 g/mol. The zero-order chi connectivity index (χ0) is 12.3. The SMILES string of the molecule is CC(C)Oc1ccc(Nc2nsnc2Cl)cc1. The van der Waals surface area contributed by atoms with Crippen LogP contribution in [0.1, 0.15) is 13.8 Å². The molecule has 17 heavy (non-hydrogen) atoms. The Labute approximate surface area is 109 Å². The molecule has 1 aromatic heterocycles. The van der Waals surface area contributed by atoms with Crippen molar-refractivity contribution < 1.29 is 4.74 Å². The van der Waals surface area contributed by atoms with E-state index >= 15 is 0 Å². The van der Waals surface area contributed by atoms with Gasteiger partial charge < -0.3 is 10.1 Å². The lowest BCUT2D eigenvalue weighted by atomic mass is 10.3. The molecule has 0 radical (unpaired) electrons. The number of ether oxygens (including phenoxy) is 1. The fourth-order valence-electron chi connectivity index (χ4n) is 1.28. The summed E-state index contributed by atoms with van der Waals surface area (Å²) in [5, 5.41) is 3.47. The molecule has 0 aliphatic carbocycles. The molecule has 2 aromatic rings. The van der Waals surface area contributed by atoms with E-state index in [9.17, 15) is 0 Å². The molecule has 90 valence electrons. The molecule has 0 atom stereocenters. The van der Waals surface area contributed by atoms with E-state index in [4.69, 9.17) is 16.3 Å². The third-order valence-electron chi connectivity index (χ3n) is 1.94. The maximum Gasteiger partial charge on any atom is 0.187 e. The summed E-state index contributed by atoms with van der Waals surface area (Å²) in [6.07, 6.45) is 0.172. The molecule has 1 aromatic carbocycles. The van der Waals surface area contributed by atoms with Gasteiger partial charge in [-0.1, -0.05) is 11.6 Å². The average Bonchev–Trinajstić information content (AvgIpc) is 2.67. The number of anilines is 2. The molecular weight excluding hydrogens is 258 g/mol. The lowest BCUT2D eigenvalue weighted by molar-refractivity contribution is 0.242. The first-order chi connectivity index (χ1) is 8.15. The van der Waals surface area contributed by atoms with Gasteiger partial charge in [0.15, 0.2) is 11.0 Å². The highest BCUT2D eigenvalue weighted by Gasteiger charge is 2.05. The van der Waals surface area contributed by atoms with Crippen molar-refractivity contribution >= 4 is 34.8 Å². The first-order valence-electron chi connectivity index (χ1n) is 5.17. The van der Waals surface area contributed by atoms with Crippen molar-refractivity contribution in [2.24, 2.45) is 0 Å². The summed E-state index contributed by atoms with van der Waals surface area (Å²) >= 11 is 6.92. The summed E-state index contributed by atoms with van der Waals surface area (Å²) in [6, 6.07) is 7.62. The van der Waals surface area contributed by atoms with Gasteiger partial charge in [-0.25, -0.2) is 0 Å². The third kappa shape index (κ3) is 3.31. The largest absolute Gasteiger partial charge is 0.491 e. The Hall–Kier alpha value is -1.33. The molecule has 0 bridgehead atoms. The second-order valence-electron chi connectivity index (χ2n) is 3.72. The zero-order valence-electron chi connectivity index (χ0n) is 9.48. The Balaban J connectivity index is 2.06. The molecule has 1 N–H and O–H groups in total. The fraction of sp³-hybridized carbons (Fsp3) is 0.273. The molecule has 0 spiro atoms. The molecular formula is C11H12ClN3OS. The highest BCUT2D eigenvalue weighted by atomic mass is 35.5. The number of halogens is 1. The smallest absolute Gasteiger partial charge is 0.187 e. The minimum atomic E-state index is 0.172. The van der Waals surface area contributed by atoms with Crippen LogP contribution in [0, 0.1) is 0 Å². The molecule has 0 aliphatic heterocycles. The van der Waals surface area contributed by atoms with Crippen molar-refractivity contribution in [2.75, 3.05) is 5.32 Å². The minimum absolute atomic E-state index is 0.172. The van der Waals surface area contributed by atoms with Gasteiger partial charge in [-0.05, 0) is 38.1 Å². The van der Waals surface area contributed by atoms with Crippen LogP contribution in [0.3, 0.4) is 0 Å². The van der Waals surface area contributed by atoms with Crippen molar-refractivity contribution in [3.63, 3.8) is 0 Å². The van der Waals surface area contributed by atoms with Gasteiger partial charge in [0, 0.05) is 5.69 Å². The van der Waals surface area contributed by atoms with Gasteiger partial charge in [-0.3, -0.25) is 0 Å². The van der Waals surface area contributed by atoms with E-state index in [2.05, 4.69) is 14.1 Å². The van der Waals surface area contributed by atoms with Gasteiger partial charge in [0.25, 0.3) is 0 Å². The molecule has 0 saturated heterocycles. The molecule has 1 heterocycles. The van der Waals surface area contributed by atoms with Crippen LogP contribution < -0.4 is 10.1 Å². The maximum absolute atomic E-state index is 5.84. The molecule has 0 saturated carbocycles. The Morgan fingerprint density at radius 1 is 1.24 bits per heavy atom. The van der Waals surface area contributed by atoms with Gasteiger partial charge in [-0.2, -0.15) is 8.75 Å². The van der Waals surface area contributed by atoms with E-state index in [1.165, 1.54) is 0 Å². The van der Waals surface area contributed by atoms with Crippen LogP contribution >= 0.6 is 23.3 Å². The van der Waals surface area contributed by atoms with Crippen LogP contribution in [-0.2, 0) is 0 Å². The molecule has 0 fully saturated rings. The van der Waals surface area contributed by atoms with Gasteiger partial charge in [-0.15, -0.1) is 0 Å². The van der Waals surface area contributed by atoms with Crippen molar-refractivity contribution in [1.29, 1.82) is 0 Å². The van der Waals surface area contributed by atoms with E-state index in [-0.39, 0.29) is 6.10 Å². The fourth-order valence-corrected chi connectivity index (χ4v) is 1.92. The van der Waals surface area contributed by atoms with Crippen LogP contribution in [0.5, 0.6) is 5.75 Å². The monoisotopic (exact) mass is 269 g/mol. The van der Waals surface area contributed by atoms with Gasteiger partial charge in [0.2, 0.25) is 0 Å². The quantitative estimate of drug-likeness (QED) is 0.919. The number of nitrogens with one attached hydrogen (secondary N) is 1. The molecule has 4 nitrogen and oxygen atoms in total. The summed E-state index contributed by atoms with van der Waals surface area (Å²) < 4.78 is 13.5. The third-order valence-corrected chi connectivity index (χ3v) is 2.83. The molecule has 2 rings (SSSR count). The predicted molar refractivity (Wildman–Crippen MR) is 70.4 cm³/mol. The van der Waals surface area contributed by atoms with E-state index in [1.54, 1.807) is 0 Å². The summed E-state index contributed by atoms with van der Waals surface area (Å²) in [7, 11) is 0. The van der Waals surface area contributed by atoms with Crippen molar-refractivity contribution in [3.05, 3.63) is 29.4 Å². The van der Waals surface area contributed by atoms with Crippen LogP contribution in [0.2, 0.25) is 5.15 Å². The lowest BCUT2D eigenvalue weighted by Crippen LogP contribution is -2.05. The maximum atomic E-state index is 5.84. The van der Waals surface area contributed by atoms with Crippen molar-refractivity contribution in [2.45, 2.75) is 20.0 Å². The Morgan fingerprint density at radius 2 is 1.94 bits per heavy atom. The standard InChI is InChI=1S/C11H12ClN3OS/c1-7(2)16-9-5-3-8(4-6-9)13-11-10(12)14-17-15-11/h3-7H,1-2H3,(H,13,15). The topological polar surface area (TPSA) is 47.0 Å². The summed E-state index contributed by atoms with van der Waals surface area (Å²) in [5.74, 6) is 1.42. The number of nitrogens with zero attached hydrogens (tertiary/aromatic N) is 2. The number of benzene rings is 1. The molecule has 6 heteroatoms. The number of hydrogen-bond acceptors (Lipinski definition) is 5. The van der Waals surface area contributed by atoms with Gasteiger partial charge in [0.05, 0.1) is 17.8 Å². The van der Waals surface area contributed by atoms with Crippen LogP contribution in [0.15, 0.2) is 24.3 Å². The molecule has 0 unspecified atom stereocenters.